The Balaban J connectivity index is 1.56. The van der Waals surface area contributed by atoms with Crippen molar-refractivity contribution < 1.29 is 29.5 Å². The van der Waals surface area contributed by atoms with Gasteiger partial charge in [0.05, 0.1) is 23.1 Å². The van der Waals surface area contributed by atoms with Crippen molar-refractivity contribution in [2.45, 2.75) is 25.5 Å². The van der Waals surface area contributed by atoms with Crippen molar-refractivity contribution in [3.63, 3.8) is 0 Å². The molecule has 1 saturated heterocycles. The molecule has 32 heavy (non-hydrogen) atoms. The summed E-state index contributed by atoms with van der Waals surface area (Å²) in [5, 5.41) is 39.1. The smallest absolute Gasteiger partial charge is 0.295 e. The molecule has 0 bridgehead atoms. The number of hydrogen-bond acceptors (Lipinski definition) is 7. The Labute approximate surface area is 180 Å². The highest BCUT2D eigenvalue weighted by molar-refractivity contribution is 6.03. The molecule has 2 aromatic carbocycles. The van der Waals surface area contributed by atoms with E-state index in [1.807, 2.05) is 0 Å². The van der Waals surface area contributed by atoms with Crippen molar-refractivity contribution in [3.8, 4) is 11.8 Å². The van der Waals surface area contributed by atoms with Crippen LogP contribution in [0.5, 0.6) is 11.8 Å². The Morgan fingerprint density at radius 2 is 1.75 bits per heavy atom. The van der Waals surface area contributed by atoms with Crippen LogP contribution in [0.3, 0.4) is 0 Å². The summed E-state index contributed by atoms with van der Waals surface area (Å²) in [5.74, 6) is -2.12. The van der Waals surface area contributed by atoms with Gasteiger partial charge in [0, 0.05) is 35.1 Å². The number of non-ortho nitro benzene ring substituents is 1. The van der Waals surface area contributed by atoms with Gasteiger partial charge in [-0.05, 0) is 37.1 Å². The van der Waals surface area contributed by atoms with Crippen LogP contribution in [0.4, 0.5) is 5.69 Å². The molecule has 1 aliphatic heterocycles. The van der Waals surface area contributed by atoms with E-state index in [1.54, 1.807) is 0 Å². The second-order valence-corrected chi connectivity index (χ2v) is 7.27. The number of aromatic nitrogens is 1. The fraction of sp³-hybridized carbons (Fsp3) is 0.238. The molecule has 1 fully saturated rings. The normalized spacial score (nSPS) is 16.1. The van der Waals surface area contributed by atoms with Gasteiger partial charge in [0.15, 0.2) is 0 Å². The summed E-state index contributed by atoms with van der Waals surface area (Å²) in [6, 6.07) is 9.10. The zero-order valence-electron chi connectivity index (χ0n) is 16.7. The molecule has 1 atom stereocenters. The molecule has 0 saturated carbocycles. The van der Waals surface area contributed by atoms with E-state index >= 15 is 0 Å². The maximum absolute atomic E-state index is 12.4. The Bertz CT molecular complexity index is 1260. The van der Waals surface area contributed by atoms with Gasteiger partial charge in [-0.3, -0.25) is 24.3 Å². The molecule has 4 rings (SSSR count). The van der Waals surface area contributed by atoms with Crippen molar-refractivity contribution >= 4 is 28.3 Å². The van der Waals surface area contributed by atoms with Crippen molar-refractivity contribution in [1.82, 2.24) is 4.57 Å². The van der Waals surface area contributed by atoms with Crippen molar-refractivity contribution in [2.75, 3.05) is 6.61 Å². The first kappa shape index (κ1) is 21.1. The standard InChI is InChI=1S/C21H18N4O7/c26-18(12-3-1-4-14(9-12)25(30)31)22-23-19(27)13-6-7-16-17(10-13)21(29)24(20(16)28)11-15-5-2-8-32-15/h1,3-4,6-7,9-10,15,28-29H,2,5,8,11H2/t15-/m1/s1. The number of nitro groups is 1. The lowest BCUT2D eigenvalue weighted by atomic mass is 10.1. The number of nitrogens with zero attached hydrogens (tertiary/aromatic N) is 4. The first-order valence-corrected chi connectivity index (χ1v) is 9.76. The summed E-state index contributed by atoms with van der Waals surface area (Å²) >= 11 is 0. The predicted molar refractivity (Wildman–Crippen MR) is 111 cm³/mol. The fourth-order valence-corrected chi connectivity index (χ4v) is 3.57. The second kappa shape index (κ2) is 8.55. The number of benzene rings is 2. The maximum atomic E-state index is 12.4. The third-order valence-electron chi connectivity index (χ3n) is 5.21. The summed E-state index contributed by atoms with van der Waals surface area (Å²) in [5.41, 5.74) is -0.330. The first-order chi connectivity index (χ1) is 15.3. The van der Waals surface area contributed by atoms with Crippen LogP contribution in [0.2, 0.25) is 0 Å². The van der Waals surface area contributed by atoms with Gasteiger partial charge in [-0.15, -0.1) is 10.2 Å². The van der Waals surface area contributed by atoms with Gasteiger partial charge in [-0.1, -0.05) is 6.07 Å². The molecule has 1 aromatic heterocycles. The third-order valence-corrected chi connectivity index (χ3v) is 5.21. The van der Waals surface area contributed by atoms with Gasteiger partial charge >= 0.3 is 0 Å². The largest absolute Gasteiger partial charge is 0.494 e. The third kappa shape index (κ3) is 4.05. The van der Waals surface area contributed by atoms with E-state index in [4.69, 9.17) is 4.74 Å². The quantitative estimate of drug-likeness (QED) is 0.350. The highest BCUT2D eigenvalue weighted by Crippen LogP contribution is 2.37. The molecule has 0 unspecified atom stereocenters. The highest BCUT2D eigenvalue weighted by Gasteiger charge is 2.23. The molecule has 11 nitrogen and oxygen atoms in total. The van der Waals surface area contributed by atoms with Gasteiger partial charge < -0.3 is 14.9 Å². The molecule has 0 spiro atoms. The molecule has 164 valence electrons. The minimum atomic E-state index is -0.911. The van der Waals surface area contributed by atoms with Crippen molar-refractivity contribution in [2.24, 2.45) is 10.2 Å². The van der Waals surface area contributed by atoms with E-state index < -0.39 is 16.7 Å². The Morgan fingerprint density at radius 1 is 1.06 bits per heavy atom. The summed E-state index contributed by atoms with van der Waals surface area (Å²) < 4.78 is 6.86. The van der Waals surface area contributed by atoms with Crippen LogP contribution in [0.1, 0.15) is 33.6 Å². The van der Waals surface area contributed by atoms with Crippen molar-refractivity contribution in [3.05, 3.63) is 63.7 Å². The van der Waals surface area contributed by atoms with Gasteiger partial charge in [0.25, 0.3) is 17.5 Å². The summed E-state index contributed by atoms with van der Waals surface area (Å²) in [7, 11) is 0. The van der Waals surface area contributed by atoms with Crippen LogP contribution < -0.4 is 0 Å². The number of azo groups is 1. The Hall–Kier alpha value is -4.12. The van der Waals surface area contributed by atoms with E-state index in [0.29, 0.717) is 12.0 Å². The molecule has 1 aliphatic rings. The topological polar surface area (TPSA) is 157 Å². The lowest BCUT2D eigenvalue weighted by molar-refractivity contribution is -0.384. The van der Waals surface area contributed by atoms with Crippen LogP contribution in [-0.2, 0) is 11.3 Å². The van der Waals surface area contributed by atoms with Crippen LogP contribution in [0, 0.1) is 10.1 Å². The molecule has 2 N–H and O–H groups in total. The van der Waals surface area contributed by atoms with Crippen molar-refractivity contribution in [1.29, 1.82) is 0 Å². The van der Waals surface area contributed by atoms with Crippen LogP contribution in [0.25, 0.3) is 10.8 Å². The minimum Gasteiger partial charge on any atom is -0.494 e. The average Bonchev–Trinajstić information content (AvgIpc) is 3.40. The minimum absolute atomic E-state index is 0.0395. The van der Waals surface area contributed by atoms with E-state index in [0.717, 1.165) is 18.9 Å². The number of fused-ring (bicyclic) bond motifs is 1. The monoisotopic (exact) mass is 438 g/mol. The second-order valence-electron chi connectivity index (χ2n) is 7.27. The molecule has 2 amide bonds. The van der Waals surface area contributed by atoms with Gasteiger partial charge in [0.1, 0.15) is 0 Å². The van der Waals surface area contributed by atoms with Gasteiger partial charge in [-0.25, -0.2) is 0 Å². The van der Waals surface area contributed by atoms with Gasteiger partial charge in [0.2, 0.25) is 11.8 Å². The van der Waals surface area contributed by atoms with E-state index in [2.05, 4.69) is 10.2 Å². The number of hydrogen-bond donors (Lipinski definition) is 2. The summed E-state index contributed by atoms with van der Waals surface area (Å²) in [6.45, 7) is 0.902. The Kier molecular flexibility index (Phi) is 5.65. The molecule has 11 heteroatoms. The van der Waals surface area contributed by atoms with E-state index in [-0.39, 0.29) is 46.6 Å². The number of carbonyl (C=O) groups is 2. The summed E-state index contributed by atoms with van der Waals surface area (Å²) in [6.07, 6.45) is 1.60. The van der Waals surface area contributed by atoms with Crippen LogP contribution >= 0.6 is 0 Å². The number of aromatic hydroxyl groups is 2. The molecular weight excluding hydrogens is 420 g/mol. The molecular formula is C21H18N4O7. The molecule has 2 heterocycles. The molecule has 0 aliphatic carbocycles. The van der Waals surface area contributed by atoms with Gasteiger partial charge in [-0.2, -0.15) is 0 Å². The molecule has 0 radical (unpaired) electrons. The predicted octanol–water partition coefficient (Wildman–Crippen LogP) is 3.57. The van der Waals surface area contributed by atoms with E-state index in [9.17, 15) is 29.9 Å². The average molecular weight is 438 g/mol. The number of rotatable bonds is 5. The zero-order chi connectivity index (χ0) is 22.8. The fourth-order valence-electron chi connectivity index (χ4n) is 3.57. The van der Waals surface area contributed by atoms with Crippen LogP contribution in [-0.4, -0.2) is 44.2 Å². The number of carbonyl (C=O) groups excluding carboxylic acids is 2. The first-order valence-electron chi connectivity index (χ1n) is 9.76. The number of ether oxygens (including phenoxy) is 1. The lowest BCUT2D eigenvalue weighted by Gasteiger charge is -2.12. The number of nitro benzene ring substituents is 1. The zero-order valence-corrected chi connectivity index (χ0v) is 16.7. The number of amides is 2. The maximum Gasteiger partial charge on any atom is 0.295 e. The van der Waals surface area contributed by atoms with Crippen LogP contribution in [0.15, 0.2) is 52.7 Å². The Morgan fingerprint density at radius 3 is 2.41 bits per heavy atom. The molecule has 3 aromatic rings. The van der Waals surface area contributed by atoms with E-state index in [1.165, 1.54) is 41.0 Å². The lowest BCUT2D eigenvalue weighted by Crippen LogP contribution is -2.14. The summed E-state index contributed by atoms with van der Waals surface area (Å²) in [4.78, 5) is 34.7. The highest BCUT2D eigenvalue weighted by atomic mass is 16.6. The SMILES string of the molecule is O=C(N=NC(=O)c1ccc2c(O)n(C[C@H]3CCCO3)c(O)c2c1)c1cccc([N+](=O)[O-])c1.